The summed E-state index contributed by atoms with van der Waals surface area (Å²) in [6, 6.07) is 13.4. The second-order valence-electron chi connectivity index (χ2n) is 6.61. The molecular weight excluding hydrogens is 386 g/mol. The van der Waals surface area contributed by atoms with Crippen LogP contribution in [0.5, 0.6) is 5.75 Å². The standard InChI is InChI=1S/C22H25N3O3S/c1-3-7-20(26)25-22-24-17-11-10-15(12-19(17)29-22)13-21(27)23-14-16-8-5-6-9-18(16)28-4-2/h5-6,8-12H,3-4,7,13-14H2,1-2H3,(H,23,27)(H,24,25,26). The van der Waals surface area contributed by atoms with Gasteiger partial charge in [-0.2, -0.15) is 0 Å². The molecule has 0 unspecified atom stereocenters. The van der Waals surface area contributed by atoms with Gasteiger partial charge in [0.25, 0.3) is 0 Å². The van der Waals surface area contributed by atoms with Crippen LogP contribution in [0, 0.1) is 0 Å². The van der Waals surface area contributed by atoms with Gasteiger partial charge < -0.3 is 15.4 Å². The van der Waals surface area contributed by atoms with Crippen LogP contribution < -0.4 is 15.4 Å². The first-order valence-corrected chi connectivity index (χ1v) is 10.6. The number of ether oxygens (including phenoxy) is 1. The molecule has 2 amide bonds. The number of thiazole rings is 1. The van der Waals surface area contributed by atoms with Gasteiger partial charge in [0, 0.05) is 18.5 Å². The second-order valence-corrected chi connectivity index (χ2v) is 7.64. The molecule has 0 aliphatic heterocycles. The zero-order chi connectivity index (χ0) is 20.6. The molecule has 1 heterocycles. The maximum Gasteiger partial charge on any atom is 0.226 e. The van der Waals surface area contributed by atoms with E-state index >= 15 is 0 Å². The monoisotopic (exact) mass is 411 g/mol. The molecule has 0 aliphatic carbocycles. The lowest BCUT2D eigenvalue weighted by atomic mass is 10.1. The lowest BCUT2D eigenvalue weighted by Crippen LogP contribution is -2.24. The first-order valence-electron chi connectivity index (χ1n) is 9.75. The predicted molar refractivity (Wildman–Crippen MR) is 116 cm³/mol. The molecule has 7 heteroatoms. The molecule has 0 fully saturated rings. The zero-order valence-corrected chi connectivity index (χ0v) is 17.5. The fourth-order valence-electron chi connectivity index (χ4n) is 2.93. The number of hydrogen-bond acceptors (Lipinski definition) is 5. The Balaban J connectivity index is 1.61. The Morgan fingerprint density at radius 2 is 1.93 bits per heavy atom. The minimum atomic E-state index is -0.0587. The van der Waals surface area contributed by atoms with Gasteiger partial charge in [0.15, 0.2) is 5.13 Å². The van der Waals surface area contributed by atoms with Crippen LogP contribution >= 0.6 is 11.3 Å². The molecule has 0 atom stereocenters. The van der Waals surface area contributed by atoms with Crippen LogP contribution in [0.2, 0.25) is 0 Å². The number of aromatic nitrogens is 1. The van der Waals surface area contributed by atoms with E-state index in [0.717, 1.165) is 33.5 Å². The number of benzene rings is 2. The summed E-state index contributed by atoms with van der Waals surface area (Å²) in [4.78, 5) is 28.6. The van der Waals surface area contributed by atoms with Crippen LogP contribution in [0.15, 0.2) is 42.5 Å². The summed E-state index contributed by atoms with van der Waals surface area (Å²) < 4.78 is 6.54. The molecule has 2 N–H and O–H groups in total. The normalized spacial score (nSPS) is 10.7. The summed E-state index contributed by atoms with van der Waals surface area (Å²) in [5.74, 6) is 0.703. The van der Waals surface area contributed by atoms with E-state index < -0.39 is 0 Å². The van der Waals surface area contributed by atoms with Crippen molar-refractivity contribution in [3.05, 3.63) is 53.6 Å². The molecular formula is C22H25N3O3S. The average molecular weight is 412 g/mol. The van der Waals surface area contributed by atoms with Crippen LogP contribution in [-0.2, 0) is 22.6 Å². The van der Waals surface area contributed by atoms with Gasteiger partial charge in [0.1, 0.15) is 5.75 Å². The van der Waals surface area contributed by atoms with Crippen molar-refractivity contribution in [2.24, 2.45) is 0 Å². The number of carbonyl (C=O) groups excluding carboxylic acids is 2. The summed E-state index contributed by atoms with van der Waals surface area (Å²) in [5, 5.41) is 6.37. The fourth-order valence-corrected chi connectivity index (χ4v) is 3.87. The van der Waals surface area contributed by atoms with E-state index in [-0.39, 0.29) is 18.2 Å². The Labute approximate surface area is 174 Å². The lowest BCUT2D eigenvalue weighted by Gasteiger charge is -2.11. The van der Waals surface area contributed by atoms with Crippen LogP contribution in [-0.4, -0.2) is 23.4 Å². The van der Waals surface area contributed by atoms with E-state index in [4.69, 9.17) is 4.74 Å². The topological polar surface area (TPSA) is 80.3 Å². The number of hydrogen-bond donors (Lipinski definition) is 2. The van der Waals surface area contributed by atoms with Crippen molar-refractivity contribution >= 4 is 38.5 Å². The molecule has 6 nitrogen and oxygen atoms in total. The van der Waals surface area contributed by atoms with E-state index in [1.807, 2.05) is 56.3 Å². The van der Waals surface area contributed by atoms with Crippen molar-refractivity contribution < 1.29 is 14.3 Å². The fraction of sp³-hybridized carbons (Fsp3) is 0.318. The van der Waals surface area contributed by atoms with Crippen molar-refractivity contribution in [3.8, 4) is 5.75 Å². The zero-order valence-electron chi connectivity index (χ0n) is 16.7. The first kappa shape index (κ1) is 20.8. The number of rotatable bonds is 9. The summed E-state index contributed by atoms with van der Waals surface area (Å²) in [6.07, 6.45) is 1.56. The van der Waals surface area contributed by atoms with Crippen molar-refractivity contribution in [3.63, 3.8) is 0 Å². The van der Waals surface area contributed by atoms with Gasteiger partial charge in [0.05, 0.1) is 23.2 Å². The average Bonchev–Trinajstić information content (AvgIpc) is 3.09. The summed E-state index contributed by atoms with van der Waals surface area (Å²) >= 11 is 1.42. The molecule has 0 saturated heterocycles. The van der Waals surface area contributed by atoms with Gasteiger partial charge in [-0.25, -0.2) is 4.98 Å². The third-order valence-electron chi connectivity index (χ3n) is 4.29. The number of para-hydroxylation sites is 1. The largest absolute Gasteiger partial charge is 0.494 e. The number of amides is 2. The maximum atomic E-state index is 12.4. The van der Waals surface area contributed by atoms with Gasteiger partial charge in [0.2, 0.25) is 11.8 Å². The van der Waals surface area contributed by atoms with Crippen LogP contribution in [0.1, 0.15) is 37.8 Å². The van der Waals surface area contributed by atoms with Crippen LogP contribution in [0.4, 0.5) is 5.13 Å². The Morgan fingerprint density at radius 3 is 2.72 bits per heavy atom. The minimum absolute atomic E-state index is 0.0292. The van der Waals surface area contributed by atoms with Gasteiger partial charge >= 0.3 is 0 Å². The van der Waals surface area contributed by atoms with Gasteiger partial charge in [-0.15, -0.1) is 0 Å². The highest BCUT2D eigenvalue weighted by atomic mass is 32.1. The first-order chi connectivity index (χ1) is 14.1. The second kappa shape index (κ2) is 10.0. The summed E-state index contributed by atoms with van der Waals surface area (Å²) in [6.45, 7) is 4.91. The molecule has 0 bridgehead atoms. The predicted octanol–water partition coefficient (Wildman–Crippen LogP) is 4.29. The number of fused-ring (bicyclic) bond motifs is 1. The van der Waals surface area contributed by atoms with Gasteiger partial charge in [-0.3, -0.25) is 9.59 Å². The van der Waals surface area contributed by atoms with Crippen molar-refractivity contribution in [1.82, 2.24) is 10.3 Å². The molecule has 0 saturated carbocycles. The summed E-state index contributed by atoms with van der Waals surface area (Å²) in [5.41, 5.74) is 2.67. The minimum Gasteiger partial charge on any atom is -0.494 e. The van der Waals surface area contributed by atoms with E-state index in [0.29, 0.717) is 24.7 Å². The van der Waals surface area contributed by atoms with Crippen LogP contribution in [0.3, 0.4) is 0 Å². The Kier molecular flexibility index (Phi) is 7.19. The number of anilines is 1. The number of nitrogens with zero attached hydrogens (tertiary/aromatic N) is 1. The molecule has 0 radical (unpaired) electrons. The van der Waals surface area contributed by atoms with Crippen molar-refractivity contribution in [1.29, 1.82) is 0 Å². The highest BCUT2D eigenvalue weighted by Crippen LogP contribution is 2.27. The SMILES string of the molecule is CCCC(=O)Nc1nc2ccc(CC(=O)NCc3ccccc3OCC)cc2s1. The maximum absolute atomic E-state index is 12.4. The number of nitrogens with one attached hydrogen (secondary N) is 2. The van der Waals surface area contributed by atoms with E-state index in [9.17, 15) is 9.59 Å². The van der Waals surface area contributed by atoms with E-state index in [1.165, 1.54) is 11.3 Å². The van der Waals surface area contributed by atoms with Crippen molar-refractivity contribution in [2.75, 3.05) is 11.9 Å². The third-order valence-corrected chi connectivity index (χ3v) is 5.22. The van der Waals surface area contributed by atoms with Gasteiger partial charge in [-0.1, -0.05) is 42.5 Å². The number of carbonyl (C=O) groups is 2. The van der Waals surface area contributed by atoms with Crippen LogP contribution in [0.25, 0.3) is 10.2 Å². The van der Waals surface area contributed by atoms with E-state index in [2.05, 4.69) is 15.6 Å². The molecule has 0 spiro atoms. The molecule has 3 aromatic rings. The van der Waals surface area contributed by atoms with Crippen molar-refractivity contribution in [2.45, 2.75) is 39.7 Å². The Hall–Kier alpha value is -2.93. The Bertz CT molecular complexity index is 1000. The smallest absolute Gasteiger partial charge is 0.226 e. The molecule has 1 aromatic heterocycles. The third kappa shape index (κ3) is 5.77. The lowest BCUT2D eigenvalue weighted by molar-refractivity contribution is -0.120. The molecule has 29 heavy (non-hydrogen) atoms. The highest BCUT2D eigenvalue weighted by molar-refractivity contribution is 7.22. The highest BCUT2D eigenvalue weighted by Gasteiger charge is 2.10. The molecule has 3 rings (SSSR count). The summed E-state index contributed by atoms with van der Waals surface area (Å²) in [7, 11) is 0. The van der Waals surface area contributed by atoms with E-state index in [1.54, 1.807) is 0 Å². The molecule has 152 valence electrons. The molecule has 2 aromatic carbocycles. The molecule has 0 aliphatic rings. The quantitative estimate of drug-likeness (QED) is 0.550. The Morgan fingerprint density at radius 1 is 1.10 bits per heavy atom. The van der Waals surface area contributed by atoms with Gasteiger partial charge in [-0.05, 0) is 37.1 Å².